The molecule has 0 aromatic heterocycles. The van der Waals surface area contributed by atoms with E-state index in [0.29, 0.717) is 5.41 Å². The molecule has 2 N–H and O–H groups in total. The number of hydrogen-bond donors (Lipinski definition) is 1. The summed E-state index contributed by atoms with van der Waals surface area (Å²) >= 11 is 0. The van der Waals surface area contributed by atoms with Gasteiger partial charge in [-0.05, 0) is 81.5 Å². The van der Waals surface area contributed by atoms with Crippen LogP contribution in [0, 0.1) is 11.3 Å². The van der Waals surface area contributed by atoms with Crippen molar-refractivity contribution in [2.24, 2.45) is 11.3 Å². The maximum absolute atomic E-state index is 6.12. The Bertz CT molecular complexity index is 592. The van der Waals surface area contributed by atoms with Gasteiger partial charge in [-0.25, -0.2) is 0 Å². The molecule has 1 aromatic carbocycles. The van der Waals surface area contributed by atoms with Crippen LogP contribution in [0.15, 0.2) is 35.4 Å². The number of allylic oxidation sites excluding steroid dienone is 1. The van der Waals surface area contributed by atoms with Gasteiger partial charge in [0.1, 0.15) is 0 Å². The van der Waals surface area contributed by atoms with E-state index in [2.05, 4.69) is 37.8 Å². The third-order valence-corrected chi connectivity index (χ3v) is 6.34. The molecule has 0 unspecified atom stereocenters. The van der Waals surface area contributed by atoms with Crippen LogP contribution in [0.1, 0.15) is 58.4 Å². The zero-order valence-corrected chi connectivity index (χ0v) is 15.8. The van der Waals surface area contributed by atoms with Gasteiger partial charge >= 0.3 is 0 Å². The molecule has 0 radical (unpaired) electrons. The maximum Gasteiger partial charge on any atom is 0.0346 e. The molecule has 24 heavy (non-hydrogen) atoms. The number of anilines is 1. The van der Waals surface area contributed by atoms with Crippen LogP contribution in [0.5, 0.6) is 0 Å². The largest absolute Gasteiger partial charge is 0.399 e. The lowest BCUT2D eigenvalue weighted by atomic mass is 9.72. The highest BCUT2D eigenvalue weighted by Gasteiger charge is 2.30. The molecule has 1 heterocycles. The van der Waals surface area contributed by atoms with E-state index in [-0.39, 0.29) is 0 Å². The fourth-order valence-electron chi connectivity index (χ4n) is 4.63. The van der Waals surface area contributed by atoms with Crippen LogP contribution in [0.25, 0.3) is 0 Å². The zero-order chi connectivity index (χ0) is 17.2. The lowest BCUT2D eigenvalue weighted by molar-refractivity contribution is 0.182. The summed E-state index contributed by atoms with van der Waals surface area (Å²) in [6, 6.07) is 8.37. The summed E-state index contributed by atoms with van der Waals surface area (Å²) in [5, 5.41) is 0. The topological polar surface area (TPSA) is 29.3 Å². The standard InChI is InChI=1S/C22H34N2/c1-17-7-6-12-22(2,3)20(17)16-24-13-10-18(11-14-24)15-19-8-4-5-9-21(19)23/h4-5,8-9,18H,6-7,10-16,23H2,1-3H3. The molecule has 2 aliphatic rings. The van der Waals surface area contributed by atoms with Crippen LogP contribution in [0.4, 0.5) is 5.69 Å². The highest BCUT2D eigenvalue weighted by molar-refractivity contribution is 5.46. The second kappa shape index (κ2) is 7.31. The molecule has 132 valence electrons. The average Bonchev–Trinajstić information content (AvgIpc) is 2.54. The third-order valence-electron chi connectivity index (χ3n) is 6.34. The summed E-state index contributed by atoms with van der Waals surface area (Å²) in [5.74, 6) is 0.792. The van der Waals surface area contributed by atoms with Gasteiger partial charge in [0.2, 0.25) is 0 Å². The van der Waals surface area contributed by atoms with Crippen LogP contribution in [0.3, 0.4) is 0 Å². The summed E-state index contributed by atoms with van der Waals surface area (Å²) in [6.07, 6.45) is 7.78. The quantitative estimate of drug-likeness (QED) is 0.619. The van der Waals surface area contributed by atoms with Crippen molar-refractivity contribution in [3.8, 4) is 0 Å². The first-order valence-corrected chi connectivity index (χ1v) is 9.70. The minimum atomic E-state index is 0.400. The van der Waals surface area contributed by atoms with Crippen molar-refractivity contribution >= 4 is 5.69 Å². The van der Waals surface area contributed by atoms with Gasteiger partial charge in [0, 0.05) is 12.2 Å². The summed E-state index contributed by atoms with van der Waals surface area (Å²) in [7, 11) is 0. The van der Waals surface area contributed by atoms with Crippen LogP contribution < -0.4 is 5.73 Å². The van der Waals surface area contributed by atoms with E-state index in [1.807, 2.05) is 12.1 Å². The fraction of sp³-hybridized carbons (Fsp3) is 0.636. The van der Waals surface area contributed by atoms with Gasteiger partial charge in [0.15, 0.2) is 0 Å². The second-order valence-corrected chi connectivity index (χ2v) is 8.62. The average molecular weight is 327 g/mol. The number of piperidine rings is 1. The Morgan fingerprint density at radius 1 is 1.17 bits per heavy atom. The van der Waals surface area contributed by atoms with Crippen molar-refractivity contribution in [2.45, 2.75) is 59.3 Å². The van der Waals surface area contributed by atoms with Gasteiger partial charge in [0.05, 0.1) is 0 Å². The Morgan fingerprint density at radius 2 is 1.88 bits per heavy atom. The molecule has 1 aromatic rings. The number of nitrogens with two attached hydrogens (primary N) is 1. The van der Waals surface area contributed by atoms with Crippen LogP contribution in [-0.2, 0) is 6.42 Å². The number of benzene rings is 1. The molecule has 0 bridgehead atoms. The maximum atomic E-state index is 6.12. The number of hydrogen-bond acceptors (Lipinski definition) is 2. The third kappa shape index (κ3) is 4.03. The number of para-hydroxylation sites is 1. The molecule has 3 rings (SSSR count). The van der Waals surface area contributed by atoms with E-state index in [1.54, 1.807) is 11.1 Å². The number of nitrogen functional groups attached to an aromatic ring is 1. The lowest BCUT2D eigenvalue weighted by Crippen LogP contribution is -2.38. The van der Waals surface area contributed by atoms with Crippen molar-refractivity contribution in [1.82, 2.24) is 4.90 Å². The molecule has 0 spiro atoms. The van der Waals surface area contributed by atoms with Crippen molar-refractivity contribution in [1.29, 1.82) is 0 Å². The Labute approximate surface area is 148 Å². The second-order valence-electron chi connectivity index (χ2n) is 8.62. The van der Waals surface area contributed by atoms with E-state index in [1.165, 1.54) is 57.3 Å². The summed E-state index contributed by atoms with van der Waals surface area (Å²) in [4.78, 5) is 2.69. The van der Waals surface area contributed by atoms with Crippen LogP contribution in [-0.4, -0.2) is 24.5 Å². The first-order valence-electron chi connectivity index (χ1n) is 9.70. The van der Waals surface area contributed by atoms with Crippen LogP contribution in [0.2, 0.25) is 0 Å². The molecular weight excluding hydrogens is 292 g/mol. The molecule has 0 atom stereocenters. The molecule has 1 fully saturated rings. The van der Waals surface area contributed by atoms with Crippen molar-refractivity contribution in [3.63, 3.8) is 0 Å². The molecule has 2 heteroatoms. The SMILES string of the molecule is CC1=C(CN2CCC(Cc3ccccc3N)CC2)C(C)(C)CCC1. The van der Waals surface area contributed by atoms with Gasteiger partial charge in [-0.15, -0.1) is 0 Å². The Hall–Kier alpha value is -1.28. The predicted molar refractivity (Wildman–Crippen MR) is 104 cm³/mol. The van der Waals surface area contributed by atoms with E-state index < -0.39 is 0 Å². The zero-order valence-electron chi connectivity index (χ0n) is 15.8. The fourth-order valence-corrected chi connectivity index (χ4v) is 4.63. The highest BCUT2D eigenvalue weighted by atomic mass is 15.1. The van der Waals surface area contributed by atoms with Crippen molar-refractivity contribution in [2.75, 3.05) is 25.4 Å². The van der Waals surface area contributed by atoms with Gasteiger partial charge in [-0.3, -0.25) is 4.90 Å². The summed E-state index contributed by atoms with van der Waals surface area (Å²) in [6.45, 7) is 10.9. The lowest BCUT2D eigenvalue weighted by Gasteiger charge is -2.40. The van der Waals surface area contributed by atoms with Gasteiger partial charge < -0.3 is 5.73 Å². The Kier molecular flexibility index (Phi) is 5.34. The minimum absolute atomic E-state index is 0.400. The minimum Gasteiger partial charge on any atom is -0.399 e. The first kappa shape index (κ1) is 17.5. The van der Waals surface area contributed by atoms with Gasteiger partial charge in [-0.2, -0.15) is 0 Å². The summed E-state index contributed by atoms with van der Waals surface area (Å²) < 4.78 is 0. The number of nitrogens with zero attached hydrogens (tertiary/aromatic N) is 1. The van der Waals surface area contributed by atoms with Gasteiger partial charge in [-0.1, -0.05) is 43.2 Å². The van der Waals surface area contributed by atoms with E-state index in [9.17, 15) is 0 Å². The van der Waals surface area contributed by atoms with E-state index in [0.717, 1.165) is 18.0 Å². The first-order chi connectivity index (χ1) is 11.5. The molecule has 0 amide bonds. The molecule has 2 nitrogen and oxygen atoms in total. The molecule has 0 saturated carbocycles. The van der Waals surface area contributed by atoms with E-state index >= 15 is 0 Å². The van der Waals surface area contributed by atoms with E-state index in [4.69, 9.17) is 5.73 Å². The van der Waals surface area contributed by atoms with Gasteiger partial charge in [0.25, 0.3) is 0 Å². The molecular formula is C22H34N2. The Morgan fingerprint density at radius 3 is 2.54 bits per heavy atom. The normalized spacial score (nSPS) is 22.8. The number of rotatable bonds is 4. The predicted octanol–water partition coefficient (Wildman–Crippen LogP) is 5.05. The molecule has 1 aliphatic heterocycles. The van der Waals surface area contributed by atoms with Crippen LogP contribution >= 0.6 is 0 Å². The van der Waals surface area contributed by atoms with Crippen molar-refractivity contribution in [3.05, 3.63) is 41.0 Å². The molecule has 1 aliphatic carbocycles. The smallest absolute Gasteiger partial charge is 0.0346 e. The molecule has 1 saturated heterocycles. The monoisotopic (exact) mass is 326 g/mol. The summed E-state index contributed by atoms with van der Waals surface area (Å²) in [5.41, 5.74) is 12.2. The number of likely N-dealkylation sites (tertiary alicyclic amines) is 1. The highest BCUT2D eigenvalue weighted by Crippen LogP contribution is 2.40. The Balaban J connectivity index is 1.55. The van der Waals surface area contributed by atoms with Crippen molar-refractivity contribution < 1.29 is 0 Å².